The van der Waals surface area contributed by atoms with Crippen molar-refractivity contribution < 1.29 is 4.79 Å². The van der Waals surface area contributed by atoms with Crippen LogP contribution in [0.25, 0.3) is 11.3 Å². The minimum Gasteiger partial charge on any atom is -0.344 e. The third-order valence-electron chi connectivity index (χ3n) is 6.87. The Morgan fingerprint density at radius 1 is 1.03 bits per heavy atom. The zero-order chi connectivity index (χ0) is 21.1. The lowest BCUT2D eigenvalue weighted by atomic mass is 9.89. The summed E-state index contributed by atoms with van der Waals surface area (Å²) in [5.41, 5.74) is 8.42. The molecule has 0 bridgehead atoms. The third-order valence-corrected chi connectivity index (χ3v) is 7.10. The Morgan fingerprint density at radius 3 is 2.47 bits per heavy atom. The molecule has 30 heavy (non-hydrogen) atoms. The summed E-state index contributed by atoms with van der Waals surface area (Å²) in [6.07, 6.45) is 10.1. The zero-order valence-electron chi connectivity index (χ0n) is 18.3. The summed E-state index contributed by atoms with van der Waals surface area (Å²) >= 11 is 6.35. The number of aryl methyl sites for hydroxylation is 1. The van der Waals surface area contributed by atoms with Crippen LogP contribution in [0.15, 0.2) is 24.3 Å². The van der Waals surface area contributed by atoms with Crippen molar-refractivity contribution in [1.29, 1.82) is 0 Å². The van der Waals surface area contributed by atoms with E-state index < -0.39 is 0 Å². The van der Waals surface area contributed by atoms with E-state index in [4.69, 9.17) is 11.6 Å². The van der Waals surface area contributed by atoms with Crippen LogP contribution in [0, 0.1) is 19.8 Å². The molecule has 1 saturated heterocycles. The first-order chi connectivity index (χ1) is 14.5. The molecule has 2 heterocycles. The maximum Gasteiger partial charge on any atom is 0.267 e. The fourth-order valence-electron chi connectivity index (χ4n) is 5.04. The van der Waals surface area contributed by atoms with Crippen molar-refractivity contribution in [3.05, 3.63) is 46.1 Å². The fraction of sp³-hybridized carbons (Fsp3) is 0.560. The Bertz CT molecular complexity index is 892. The van der Waals surface area contributed by atoms with Gasteiger partial charge in [0.25, 0.3) is 5.91 Å². The van der Waals surface area contributed by atoms with E-state index in [1.165, 1.54) is 44.1 Å². The molecule has 1 N–H and O–H groups in total. The largest absolute Gasteiger partial charge is 0.344 e. The van der Waals surface area contributed by atoms with E-state index in [-0.39, 0.29) is 5.91 Å². The van der Waals surface area contributed by atoms with Gasteiger partial charge in [-0.2, -0.15) is 0 Å². The minimum absolute atomic E-state index is 0.0118. The number of carbonyl (C=O) groups is 1. The van der Waals surface area contributed by atoms with Crippen molar-refractivity contribution in [2.75, 3.05) is 13.1 Å². The lowest BCUT2D eigenvalue weighted by Gasteiger charge is -2.27. The predicted molar refractivity (Wildman–Crippen MR) is 124 cm³/mol. The van der Waals surface area contributed by atoms with E-state index in [0.717, 1.165) is 60.0 Å². The number of nitrogens with zero attached hydrogens (tertiary/aromatic N) is 2. The van der Waals surface area contributed by atoms with Crippen molar-refractivity contribution in [2.24, 2.45) is 5.92 Å². The average Bonchev–Trinajstić information content (AvgIpc) is 3.07. The minimum atomic E-state index is 0.0118. The lowest BCUT2D eigenvalue weighted by Crippen LogP contribution is -2.45. The van der Waals surface area contributed by atoms with Gasteiger partial charge in [-0.25, -0.2) is 5.01 Å². The van der Waals surface area contributed by atoms with E-state index in [0.29, 0.717) is 5.92 Å². The highest BCUT2D eigenvalue weighted by Crippen LogP contribution is 2.33. The van der Waals surface area contributed by atoms with E-state index in [1.54, 1.807) is 0 Å². The van der Waals surface area contributed by atoms with Crippen LogP contribution in [0.3, 0.4) is 0 Å². The molecule has 0 radical (unpaired) electrons. The molecule has 4 rings (SSSR count). The van der Waals surface area contributed by atoms with Gasteiger partial charge in [-0.3, -0.25) is 10.2 Å². The molecule has 162 valence electrons. The van der Waals surface area contributed by atoms with Crippen LogP contribution in [0.4, 0.5) is 0 Å². The quantitative estimate of drug-likeness (QED) is 0.622. The monoisotopic (exact) mass is 427 g/mol. The Labute approximate surface area is 185 Å². The van der Waals surface area contributed by atoms with Crippen LogP contribution in [-0.4, -0.2) is 28.6 Å². The molecular weight excluding hydrogens is 394 g/mol. The number of carbonyl (C=O) groups excluding carboxylic acids is 1. The summed E-state index contributed by atoms with van der Waals surface area (Å²) in [5, 5.41) is 2.81. The predicted octanol–water partition coefficient (Wildman–Crippen LogP) is 6.14. The van der Waals surface area contributed by atoms with Crippen LogP contribution in [0.1, 0.15) is 73.0 Å². The first-order valence-corrected chi connectivity index (χ1v) is 11.9. The standard InChI is InChI=1S/C25H34ClN3O/c1-18-11-12-21(26)15-22(18)24-16-23(25(30)27-28-13-7-4-8-14-28)19(2)29(24)17-20-9-5-3-6-10-20/h11-12,15-16,20H,3-10,13-14,17H2,1-2H3,(H,27,30). The second-order valence-corrected chi connectivity index (χ2v) is 9.53. The Hall–Kier alpha value is -1.78. The molecule has 5 heteroatoms. The number of amides is 1. The maximum absolute atomic E-state index is 13.2. The van der Waals surface area contributed by atoms with Crippen molar-refractivity contribution in [3.8, 4) is 11.3 Å². The van der Waals surface area contributed by atoms with Gasteiger partial charge in [-0.05, 0) is 69.2 Å². The summed E-state index contributed by atoms with van der Waals surface area (Å²) in [6, 6.07) is 8.12. The van der Waals surface area contributed by atoms with E-state index in [2.05, 4.69) is 41.0 Å². The second-order valence-electron chi connectivity index (χ2n) is 9.09. The van der Waals surface area contributed by atoms with Gasteiger partial charge < -0.3 is 4.57 Å². The zero-order valence-corrected chi connectivity index (χ0v) is 19.1. The molecule has 1 amide bonds. The average molecular weight is 428 g/mol. The molecule has 2 aliphatic rings. The van der Waals surface area contributed by atoms with Crippen LogP contribution in [0.5, 0.6) is 0 Å². The van der Waals surface area contributed by atoms with E-state index in [9.17, 15) is 4.79 Å². The van der Waals surface area contributed by atoms with Gasteiger partial charge in [-0.1, -0.05) is 43.4 Å². The molecule has 4 nitrogen and oxygen atoms in total. The van der Waals surface area contributed by atoms with E-state index in [1.807, 2.05) is 12.1 Å². The molecule has 2 fully saturated rings. The number of nitrogens with one attached hydrogen (secondary N) is 1. The number of aromatic nitrogens is 1. The number of hydrazine groups is 1. The molecule has 0 unspecified atom stereocenters. The van der Waals surface area contributed by atoms with Crippen molar-refractivity contribution in [3.63, 3.8) is 0 Å². The van der Waals surface area contributed by atoms with Crippen LogP contribution < -0.4 is 5.43 Å². The Morgan fingerprint density at radius 2 is 1.73 bits per heavy atom. The number of halogens is 1. The SMILES string of the molecule is Cc1ccc(Cl)cc1-c1cc(C(=O)NN2CCCCC2)c(C)n1CC1CCCCC1. The molecule has 2 aromatic rings. The van der Waals surface area contributed by atoms with Gasteiger partial charge in [0.15, 0.2) is 0 Å². The smallest absolute Gasteiger partial charge is 0.267 e. The number of benzene rings is 1. The first kappa shape index (κ1) is 21.5. The fourth-order valence-corrected chi connectivity index (χ4v) is 5.21. The Kier molecular flexibility index (Phi) is 6.84. The summed E-state index contributed by atoms with van der Waals surface area (Å²) in [6.45, 7) is 7.06. The molecular formula is C25H34ClN3O. The van der Waals surface area contributed by atoms with Gasteiger partial charge in [-0.15, -0.1) is 0 Å². The maximum atomic E-state index is 13.2. The van der Waals surface area contributed by atoms with Gasteiger partial charge in [0, 0.05) is 41.6 Å². The molecule has 1 saturated carbocycles. The topological polar surface area (TPSA) is 37.3 Å². The number of piperidine rings is 1. The highest BCUT2D eigenvalue weighted by atomic mass is 35.5. The second kappa shape index (κ2) is 9.57. The number of rotatable bonds is 5. The molecule has 1 aliphatic heterocycles. The van der Waals surface area contributed by atoms with Gasteiger partial charge in [0.1, 0.15) is 0 Å². The van der Waals surface area contributed by atoms with Gasteiger partial charge in [0.05, 0.1) is 5.56 Å². The van der Waals surface area contributed by atoms with Crippen molar-refractivity contribution in [2.45, 2.75) is 71.8 Å². The highest BCUT2D eigenvalue weighted by Gasteiger charge is 2.24. The van der Waals surface area contributed by atoms with Crippen LogP contribution in [-0.2, 0) is 6.54 Å². The van der Waals surface area contributed by atoms with Crippen LogP contribution >= 0.6 is 11.6 Å². The van der Waals surface area contributed by atoms with Gasteiger partial charge in [0.2, 0.25) is 0 Å². The summed E-state index contributed by atoms with van der Waals surface area (Å²) < 4.78 is 2.37. The summed E-state index contributed by atoms with van der Waals surface area (Å²) in [5.74, 6) is 0.693. The molecule has 1 aliphatic carbocycles. The normalized spacial score (nSPS) is 18.5. The first-order valence-electron chi connectivity index (χ1n) is 11.6. The molecule has 1 aromatic carbocycles. The third kappa shape index (κ3) is 4.76. The molecule has 0 spiro atoms. The Balaban J connectivity index is 1.68. The molecule has 1 aromatic heterocycles. The highest BCUT2D eigenvalue weighted by molar-refractivity contribution is 6.30. The van der Waals surface area contributed by atoms with Crippen molar-refractivity contribution in [1.82, 2.24) is 15.0 Å². The lowest BCUT2D eigenvalue weighted by molar-refractivity contribution is 0.0749. The molecule has 0 atom stereocenters. The summed E-state index contributed by atoms with van der Waals surface area (Å²) in [4.78, 5) is 13.2. The van der Waals surface area contributed by atoms with E-state index >= 15 is 0 Å². The van der Waals surface area contributed by atoms with Crippen molar-refractivity contribution >= 4 is 17.5 Å². The van der Waals surface area contributed by atoms with Crippen LogP contribution in [0.2, 0.25) is 5.02 Å². The summed E-state index contributed by atoms with van der Waals surface area (Å²) in [7, 11) is 0. The number of hydrogen-bond donors (Lipinski definition) is 1. The van der Waals surface area contributed by atoms with Gasteiger partial charge >= 0.3 is 0 Å². The number of hydrogen-bond acceptors (Lipinski definition) is 2.